The minimum atomic E-state index is -0.383. The summed E-state index contributed by atoms with van der Waals surface area (Å²) in [7, 11) is 2.77. The van der Waals surface area contributed by atoms with Crippen molar-refractivity contribution in [1.82, 2.24) is 0 Å². The Morgan fingerprint density at radius 1 is 0.962 bits per heavy atom. The molecule has 1 aromatic rings. The van der Waals surface area contributed by atoms with E-state index in [0.717, 1.165) is 5.46 Å². The second-order valence-corrected chi connectivity index (χ2v) is 5.89. The summed E-state index contributed by atoms with van der Waals surface area (Å²) in [6.45, 7) is 8.72. The van der Waals surface area contributed by atoms with Gasteiger partial charge in [0.05, 0.1) is 0 Å². The van der Waals surface area contributed by atoms with Gasteiger partial charge in [-0.25, -0.2) is 0 Å². The predicted octanol–water partition coefficient (Wildman–Crippen LogP) is 5.63. The molecule has 0 atom stereocenters. The average Bonchev–Trinajstić information content (AvgIpc) is 2.64. The molecule has 149 valence electrons. The second kappa shape index (κ2) is 25.3. The van der Waals surface area contributed by atoms with Crippen LogP contribution >= 0.6 is 11.8 Å². The maximum atomic E-state index is 11.5. The standard InChI is InChI=1S/C11H14BO3S.2C4H10.CH4.Y/c1-14-12(15-2)10-6-4-9(5-7-10)11(13)8-16-3;2*1-3-4-2;;/h4-7H,3,8H2,1-2H3;2*3-4H2,1-2H3;1H4;/q-1;;;;. The fourth-order valence-electron chi connectivity index (χ4n) is 1.37. The molecule has 1 radical (unpaired) electrons. The minimum Gasteiger partial charge on any atom is -0.410 e. The van der Waals surface area contributed by atoms with Crippen LogP contribution in [-0.4, -0.2) is 32.9 Å². The van der Waals surface area contributed by atoms with Gasteiger partial charge in [-0.15, -0.1) is 0 Å². The van der Waals surface area contributed by atoms with Crippen molar-refractivity contribution in [3.05, 3.63) is 36.1 Å². The SMILES string of the molecule is C.CCCC.CCCC.[CH2-]SCC(=O)c1ccc(B(OC)OC)cc1.[Y]. The van der Waals surface area contributed by atoms with Crippen LogP contribution in [0.4, 0.5) is 0 Å². The zero-order chi connectivity index (χ0) is 18.8. The Morgan fingerprint density at radius 2 is 1.35 bits per heavy atom. The number of Topliss-reactive ketones (excluding diaryl/α,β-unsaturated/α-hetero) is 1. The van der Waals surface area contributed by atoms with Gasteiger partial charge in [0.2, 0.25) is 0 Å². The van der Waals surface area contributed by atoms with Crippen molar-refractivity contribution in [2.75, 3.05) is 20.0 Å². The monoisotopic (exact) mass is 458 g/mol. The van der Waals surface area contributed by atoms with E-state index in [2.05, 4.69) is 34.0 Å². The van der Waals surface area contributed by atoms with E-state index in [-0.39, 0.29) is 53.0 Å². The Bertz CT molecular complexity index is 391. The Hall–Kier alpha value is 0.329. The van der Waals surface area contributed by atoms with Crippen molar-refractivity contribution in [2.45, 2.75) is 60.8 Å². The minimum absolute atomic E-state index is 0. The van der Waals surface area contributed by atoms with Gasteiger partial charge in [-0.2, -0.15) is 0 Å². The molecule has 0 saturated heterocycles. The van der Waals surface area contributed by atoms with Gasteiger partial charge in [-0.3, -0.25) is 11.1 Å². The molecule has 0 bridgehead atoms. The predicted molar refractivity (Wildman–Crippen MR) is 116 cm³/mol. The van der Waals surface area contributed by atoms with Crippen LogP contribution in [0.15, 0.2) is 24.3 Å². The van der Waals surface area contributed by atoms with Gasteiger partial charge in [0.25, 0.3) is 0 Å². The van der Waals surface area contributed by atoms with E-state index < -0.39 is 0 Å². The van der Waals surface area contributed by atoms with E-state index in [1.165, 1.54) is 37.4 Å². The number of rotatable bonds is 8. The molecule has 0 aliphatic carbocycles. The summed E-state index contributed by atoms with van der Waals surface area (Å²) in [6, 6.07) is 7.22. The van der Waals surface area contributed by atoms with Crippen molar-refractivity contribution < 1.29 is 46.8 Å². The first-order valence-corrected chi connectivity index (χ1v) is 9.77. The van der Waals surface area contributed by atoms with E-state index in [1.807, 2.05) is 12.1 Å². The van der Waals surface area contributed by atoms with E-state index in [4.69, 9.17) is 9.31 Å². The van der Waals surface area contributed by atoms with E-state index in [1.54, 1.807) is 26.4 Å². The molecule has 26 heavy (non-hydrogen) atoms. The number of carbonyl (C=O) groups is 1. The number of carbonyl (C=O) groups excluding carboxylic acids is 1. The molecule has 0 aromatic heterocycles. The number of thioether (sulfide) groups is 1. The van der Waals surface area contributed by atoms with E-state index in [0.29, 0.717) is 11.3 Å². The second-order valence-electron chi connectivity index (χ2n) is 5.20. The van der Waals surface area contributed by atoms with Gasteiger partial charge in [-0.1, -0.05) is 85.1 Å². The molecule has 0 fully saturated rings. The van der Waals surface area contributed by atoms with Crippen LogP contribution in [0.2, 0.25) is 0 Å². The topological polar surface area (TPSA) is 35.5 Å². The Morgan fingerprint density at radius 3 is 1.62 bits per heavy atom. The van der Waals surface area contributed by atoms with Gasteiger partial charge < -0.3 is 21.1 Å². The largest absolute Gasteiger partial charge is 0.493 e. The molecular weight excluding hydrogens is 420 g/mol. The third-order valence-corrected chi connectivity index (χ3v) is 3.63. The van der Waals surface area contributed by atoms with Gasteiger partial charge in [-0.05, 0) is 5.46 Å². The van der Waals surface area contributed by atoms with Crippen molar-refractivity contribution in [2.24, 2.45) is 0 Å². The van der Waals surface area contributed by atoms with Crippen molar-refractivity contribution >= 4 is 30.1 Å². The maximum absolute atomic E-state index is 11.5. The van der Waals surface area contributed by atoms with Crippen LogP contribution in [-0.2, 0) is 42.0 Å². The zero-order valence-electron chi connectivity index (χ0n) is 16.8. The number of ketones is 1. The summed E-state index contributed by atoms with van der Waals surface area (Å²) in [4.78, 5) is 11.5. The van der Waals surface area contributed by atoms with Crippen molar-refractivity contribution in [1.29, 1.82) is 0 Å². The van der Waals surface area contributed by atoms with Gasteiger partial charge in [0.1, 0.15) is 0 Å². The number of benzene rings is 1. The number of hydrogen-bond acceptors (Lipinski definition) is 4. The van der Waals surface area contributed by atoms with Crippen LogP contribution < -0.4 is 5.46 Å². The summed E-state index contributed by atoms with van der Waals surface area (Å²) < 4.78 is 10.2. The quantitative estimate of drug-likeness (QED) is 0.288. The summed E-state index contributed by atoms with van der Waals surface area (Å²) in [6.07, 6.45) is 8.86. The zero-order valence-corrected chi connectivity index (χ0v) is 20.5. The molecule has 1 rings (SSSR count). The first kappa shape index (κ1) is 33.9. The summed E-state index contributed by atoms with van der Waals surface area (Å²) >= 11 is 1.28. The maximum Gasteiger partial charge on any atom is 0.493 e. The first-order chi connectivity index (χ1) is 11.6. The van der Waals surface area contributed by atoms with Gasteiger partial charge in [0.15, 0.2) is 5.78 Å². The molecule has 0 saturated carbocycles. The fraction of sp³-hybridized carbons (Fsp3) is 0.600. The van der Waals surface area contributed by atoms with Crippen LogP contribution in [0.1, 0.15) is 71.2 Å². The fourth-order valence-corrected chi connectivity index (χ4v) is 1.72. The summed E-state index contributed by atoms with van der Waals surface area (Å²) in [5, 5.41) is 0. The summed E-state index contributed by atoms with van der Waals surface area (Å²) in [5.74, 6) is 0.482. The van der Waals surface area contributed by atoms with Gasteiger partial charge >= 0.3 is 7.12 Å². The molecule has 0 heterocycles. The van der Waals surface area contributed by atoms with E-state index >= 15 is 0 Å². The number of unbranched alkanes of at least 4 members (excludes halogenated alkanes) is 2. The third kappa shape index (κ3) is 17.7. The van der Waals surface area contributed by atoms with E-state index in [9.17, 15) is 4.79 Å². The molecule has 6 heteroatoms. The van der Waals surface area contributed by atoms with Crippen LogP contribution in [0, 0.1) is 6.26 Å². The molecule has 0 aliphatic rings. The smallest absolute Gasteiger partial charge is 0.410 e. The van der Waals surface area contributed by atoms with Crippen molar-refractivity contribution in [3.8, 4) is 0 Å². The average molecular weight is 458 g/mol. The molecule has 0 N–H and O–H groups in total. The molecule has 0 amide bonds. The molecule has 3 nitrogen and oxygen atoms in total. The molecule has 0 unspecified atom stereocenters. The van der Waals surface area contributed by atoms with Crippen molar-refractivity contribution in [3.63, 3.8) is 0 Å². The molecule has 0 aliphatic heterocycles. The van der Waals surface area contributed by atoms with Crippen LogP contribution in [0.25, 0.3) is 0 Å². The Labute approximate surface area is 192 Å². The van der Waals surface area contributed by atoms with Crippen LogP contribution in [0.3, 0.4) is 0 Å². The summed E-state index contributed by atoms with van der Waals surface area (Å²) in [5.41, 5.74) is 1.58. The third-order valence-electron chi connectivity index (χ3n) is 3.17. The Balaban J connectivity index is -0.000000206. The van der Waals surface area contributed by atoms with Gasteiger partial charge in [0, 0.05) is 58.2 Å². The normalized spacial score (nSPS) is 8.58. The molecular formula is C20H38BO3SY-. The Kier molecular flexibility index (Phi) is 33.0. The van der Waals surface area contributed by atoms with Crippen LogP contribution in [0.5, 0.6) is 0 Å². The molecule has 0 spiro atoms. The number of hydrogen-bond donors (Lipinski definition) is 0. The molecule has 1 aromatic carbocycles. The first-order valence-electron chi connectivity index (χ1n) is 8.61.